The molecule has 4 nitrogen and oxygen atoms in total. The number of hydrogen-bond donors (Lipinski definition) is 1. The molecule has 0 aromatic carbocycles. The van der Waals surface area contributed by atoms with Crippen molar-refractivity contribution in [2.24, 2.45) is 0 Å². The van der Waals surface area contributed by atoms with Crippen LogP contribution in [0, 0.1) is 0 Å². The summed E-state index contributed by atoms with van der Waals surface area (Å²) in [6.07, 6.45) is 7.54. The minimum Gasteiger partial charge on any atom is -0.397 e. The first-order valence-corrected chi connectivity index (χ1v) is 6.71. The van der Waals surface area contributed by atoms with E-state index < -0.39 is 0 Å². The molecular formula is C14H15ClN4. The standard InChI is InChI=1S/C14H15ClN4/c15-12-8-11(16)9-18-14(12)19-7-1-2-13(19)10-3-5-17-6-4-10/h3-6,8-9,13H,1-2,7,16H2. The first kappa shape index (κ1) is 12.2. The molecule has 1 atom stereocenters. The zero-order valence-corrected chi connectivity index (χ0v) is 11.2. The first-order valence-electron chi connectivity index (χ1n) is 6.33. The van der Waals surface area contributed by atoms with E-state index >= 15 is 0 Å². The third-order valence-electron chi connectivity index (χ3n) is 3.46. The zero-order chi connectivity index (χ0) is 13.2. The van der Waals surface area contributed by atoms with Gasteiger partial charge in [0, 0.05) is 18.9 Å². The molecule has 1 unspecified atom stereocenters. The van der Waals surface area contributed by atoms with Gasteiger partial charge in [-0.2, -0.15) is 0 Å². The van der Waals surface area contributed by atoms with E-state index in [0.29, 0.717) is 16.8 Å². The first-order chi connectivity index (χ1) is 9.25. The fourth-order valence-electron chi connectivity index (χ4n) is 2.61. The second kappa shape index (κ2) is 5.05. The normalized spacial score (nSPS) is 18.8. The predicted molar refractivity (Wildman–Crippen MR) is 77.2 cm³/mol. The summed E-state index contributed by atoms with van der Waals surface area (Å²) in [5, 5.41) is 0.612. The van der Waals surface area contributed by atoms with Crippen LogP contribution in [-0.4, -0.2) is 16.5 Å². The lowest BCUT2D eigenvalue weighted by Crippen LogP contribution is -2.24. The van der Waals surface area contributed by atoms with E-state index in [4.69, 9.17) is 17.3 Å². The Morgan fingerprint density at radius 2 is 2.11 bits per heavy atom. The molecule has 5 heteroatoms. The maximum Gasteiger partial charge on any atom is 0.148 e. The number of pyridine rings is 2. The lowest BCUT2D eigenvalue weighted by atomic mass is 10.1. The van der Waals surface area contributed by atoms with Crippen LogP contribution in [0.1, 0.15) is 24.4 Å². The molecule has 1 fully saturated rings. The van der Waals surface area contributed by atoms with Gasteiger partial charge in [-0.3, -0.25) is 4.98 Å². The largest absolute Gasteiger partial charge is 0.397 e. The molecule has 3 rings (SSSR count). The topological polar surface area (TPSA) is 55.0 Å². The summed E-state index contributed by atoms with van der Waals surface area (Å²) in [6.45, 7) is 0.962. The van der Waals surface area contributed by atoms with Crippen LogP contribution in [0.3, 0.4) is 0 Å². The summed E-state index contributed by atoms with van der Waals surface area (Å²) < 4.78 is 0. The summed E-state index contributed by atoms with van der Waals surface area (Å²) in [7, 11) is 0. The van der Waals surface area contributed by atoms with Crippen molar-refractivity contribution in [2.45, 2.75) is 18.9 Å². The average molecular weight is 275 g/mol. The molecule has 0 saturated carbocycles. The lowest BCUT2D eigenvalue weighted by Gasteiger charge is -2.26. The second-order valence-electron chi connectivity index (χ2n) is 4.71. The van der Waals surface area contributed by atoms with Crippen molar-refractivity contribution in [1.29, 1.82) is 0 Å². The van der Waals surface area contributed by atoms with Crippen LogP contribution in [-0.2, 0) is 0 Å². The van der Waals surface area contributed by atoms with Gasteiger partial charge in [0.15, 0.2) is 0 Å². The van der Waals surface area contributed by atoms with Gasteiger partial charge in [0.05, 0.1) is 22.9 Å². The molecule has 2 aromatic heterocycles. The Bertz CT molecular complexity index is 573. The van der Waals surface area contributed by atoms with Gasteiger partial charge in [0.1, 0.15) is 5.82 Å². The van der Waals surface area contributed by atoms with Crippen LogP contribution in [0.4, 0.5) is 11.5 Å². The van der Waals surface area contributed by atoms with E-state index in [2.05, 4.69) is 14.9 Å². The predicted octanol–water partition coefficient (Wildman–Crippen LogP) is 3.05. The number of hydrogen-bond acceptors (Lipinski definition) is 4. The quantitative estimate of drug-likeness (QED) is 0.914. The molecule has 1 saturated heterocycles. The number of nitrogens with two attached hydrogens (primary N) is 1. The van der Waals surface area contributed by atoms with Crippen LogP contribution < -0.4 is 10.6 Å². The van der Waals surface area contributed by atoms with Crippen molar-refractivity contribution in [3.05, 3.63) is 47.4 Å². The molecule has 0 radical (unpaired) electrons. The zero-order valence-electron chi connectivity index (χ0n) is 10.5. The Balaban J connectivity index is 1.95. The summed E-state index contributed by atoms with van der Waals surface area (Å²) >= 11 is 6.27. The van der Waals surface area contributed by atoms with Crippen molar-refractivity contribution in [2.75, 3.05) is 17.2 Å². The maximum absolute atomic E-state index is 6.27. The van der Waals surface area contributed by atoms with E-state index in [1.165, 1.54) is 5.56 Å². The van der Waals surface area contributed by atoms with Gasteiger partial charge >= 0.3 is 0 Å². The smallest absolute Gasteiger partial charge is 0.148 e. The van der Waals surface area contributed by atoms with E-state index in [1.54, 1.807) is 12.3 Å². The molecule has 0 spiro atoms. The minimum absolute atomic E-state index is 0.316. The summed E-state index contributed by atoms with van der Waals surface area (Å²) in [5.41, 5.74) is 7.54. The highest BCUT2D eigenvalue weighted by Gasteiger charge is 2.28. The van der Waals surface area contributed by atoms with Gasteiger partial charge in [0.2, 0.25) is 0 Å². The third-order valence-corrected chi connectivity index (χ3v) is 3.74. The molecule has 1 aliphatic heterocycles. The molecule has 19 heavy (non-hydrogen) atoms. The van der Waals surface area contributed by atoms with Crippen molar-refractivity contribution < 1.29 is 0 Å². The lowest BCUT2D eigenvalue weighted by molar-refractivity contribution is 0.710. The number of nitrogen functional groups attached to an aromatic ring is 1. The summed E-state index contributed by atoms with van der Waals surface area (Å²) in [5.74, 6) is 0.815. The number of nitrogens with zero attached hydrogens (tertiary/aromatic N) is 3. The minimum atomic E-state index is 0.316. The van der Waals surface area contributed by atoms with E-state index in [9.17, 15) is 0 Å². The highest BCUT2D eigenvalue weighted by molar-refractivity contribution is 6.33. The molecule has 98 valence electrons. The van der Waals surface area contributed by atoms with Crippen LogP contribution in [0.25, 0.3) is 0 Å². The fraction of sp³-hybridized carbons (Fsp3) is 0.286. The fourth-order valence-corrected chi connectivity index (χ4v) is 2.89. The van der Waals surface area contributed by atoms with Crippen molar-refractivity contribution in [3.63, 3.8) is 0 Å². The number of anilines is 2. The molecule has 0 bridgehead atoms. The van der Waals surface area contributed by atoms with Crippen LogP contribution in [0.15, 0.2) is 36.8 Å². The Kier molecular flexibility index (Phi) is 3.25. The van der Waals surface area contributed by atoms with Crippen molar-refractivity contribution in [3.8, 4) is 0 Å². The van der Waals surface area contributed by atoms with Crippen LogP contribution >= 0.6 is 11.6 Å². The summed E-state index contributed by atoms with van der Waals surface area (Å²) in [4.78, 5) is 10.7. The van der Waals surface area contributed by atoms with Gasteiger partial charge in [-0.05, 0) is 36.6 Å². The van der Waals surface area contributed by atoms with Gasteiger partial charge in [-0.15, -0.1) is 0 Å². The van der Waals surface area contributed by atoms with Gasteiger partial charge < -0.3 is 10.6 Å². The SMILES string of the molecule is Nc1cnc(N2CCCC2c2ccncc2)c(Cl)c1. The number of halogens is 1. The number of rotatable bonds is 2. The molecule has 0 amide bonds. The highest BCUT2D eigenvalue weighted by atomic mass is 35.5. The van der Waals surface area contributed by atoms with Gasteiger partial charge in [-0.1, -0.05) is 11.6 Å². The maximum atomic E-state index is 6.27. The van der Waals surface area contributed by atoms with Crippen LogP contribution in [0.5, 0.6) is 0 Å². The van der Waals surface area contributed by atoms with Gasteiger partial charge in [-0.25, -0.2) is 4.98 Å². The Morgan fingerprint density at radius 1 is 1.32 bits per heavy atom. The van der Waals surface area contributed by atoms with Crippen molar-refractivity contribution >= 4 is 23.1 Å². The molecule has 2 N–H and O–H groups in total. The Labute approximate surface area is 117 Å². The average Bonchev–Trinajstić information content (AvgIpc) is 2.89. The number of aromatic nitrogens is 2. The van der Waals surface area contributed by atoms with Gasteiger partial charge in [0.25, 0.3) is 0 Å². The monoisotopic (exact) mass is 274 g/mol. The Morgan fingerprint density at radius 3 is 2.84 bits per heavy atom. The second-order valence-corrected chi connectivity index (χ2v) is 5.11. The third kappa shape index (κ3) is 2.36. The molecule has 2 aromatic rings. The molecule has 0 aliphatic carbocycles. The summed E-state index contributed by atoms with van der Waals surface area (Å²) in [6, 6.07) is 6.17. The molecule has 3 heterocycles. The molecular weight excluding hydrogens is 260 g/mol. The molecule has 1 aliphatic rings. The Hall–Kier alpha value is -1.81. The van der Waals surface area contributed by atoms with E-state index in [0.717, 1.165) is 25.2 Å². The highest BCUT2D eigenvalue weighted by Crippen LogP contribution is 2.38. The van der Waals surface area contributed by atoms with Crippen LogP contribution in [0.2, 0.25) is 5.02 Å². The van der Waals surface area contributed by atoms with Crippen molar-refractivity contribution in [1.82, 2.24) is 9.97 Å². The van der Waals surface area contributed by atoms with E-state index in [-0.39, 0.29) is 0 Å². The van der Waals surface area contributed by atoms with E-state index in [1.807, 2.05) is 24.5 Å².